The Bertz CT molecular complexity index is 347. The predicted octanol–water partition coefficient (Wildman–Crippen LogP) is 3.78. The van der Waals surface area contributed by atoms with Gasteiger partial charge in [0, 0.05) is 6.42 Å². The highest BCUT2D eigenvalue weighted by molar-refractivity contribution is 5.43. The second-order valence-electron chi connectivity index (χ2n) is 4.50. The summed E-state index contributed by atoms with van der Waals surface area (Å²) in [6.07, 6.45) is 6.85. The molecule has 2 rings (SSSR count). The van der Waals surface area contributed by atoms with Crippen LogP contribution in [-0.2, 0) is 6.42 Å². The first-order valence-electron chi connectivity index (χ1n) is 6.58. The second-order valence-corrected chi connectivity index (χ2v) is 4.50. The number of fused-ring (bicyclic) bond motifs is 1. The fourth-order valence-corrected chi connectivity index (χ4v) is 2.05. The third-order valence-corrected chi connectivity index (χ3v) is 3.03. The summed E-state index contributed by atoms with van der Waals surface area (Å²) in [6.45, 7) is 5.38. The second kappa shape index (κ2) is 6.53. The molecule has 1 heterocycles. The minimum Gasteiger partial charge on any atom is -0.490 e. The zero-order valence-corrected chi connectivity index (χ0v) is 10.4. The van der Waals surface area contributed by atoms with Crippen LogP contribution in [0.4, 0.5) is 0 Å². The molecule has 1 aromatic rings. The van der Waals surface area contributed by atoms with Gasteiger partial charge in [-0.1, -0.05) is 32.3 Å². The van der Waals surface area contributed by atoms with Crippen molar-refractivity contribution < 1.29 is 9.47 Å². The van der Waals surface area contributed by atoms with E-state index in [-0.39, 0.29) is 0 Å². The number of aryl methyl sites for hydroxylation is 1. The van der Waals surface area contributed by atoms with E-state index in [2.05, 4.69) is 19.1 Å². The molecule has 2 heteroatoms. The Morgan fingerprint density at radius 3 is 2.65 bits per heavy atom. The van der Waals surface area contributed by atoms with E-state index < -0.39 is 0 Å². The largest absolute Gasteiger partial charge is 0.490 e. The van der Waals surface area contributed by atoms with Crippen LogP contribution in [-0.4, -0.2) is 13.2 Å². The van der Waals surface area contributed by atoms with Gasteiger partial charge in [0.05, 0.1) is 13.2 Å². The van der Waals surface area contributed by atoms with Gasteiger partial charge in [-0.3, -0.25) is 0 Å². The minimum absolute atomic E-state index is 0.760. The molecule has 0 fully saturated rings. The van der Waals surface area contributed by atoms with Gasteiger partial charge in [0.2, 0.25) is 0 Å². The van der Waals surface area contributed by atoms with Crippen molar-refractivity contribution in [3.63, 3.8) is 0 Å². The Labute approximate surface area is 104 Å². The standard InChI is InChI=1S/C15H21O2/c1-2-3-4-5-7-13-8-9-14-15(12-13)17-11-6-10-16-14/h8-9,12H,1-7,10-11H2. The summed E-state index contributed by atoms with van der Waals surface area (Å²) < 4.78 is 11.3. The molecule has 17 heavy (non-hydrogen) atoms. The molecule has 0 amide bonds. The Hall–Kier alpha value is -1.18. The number of benzene rings is 1. The Morgan fingerprint density at radius 2 is 1.82 bits per heavy atom. The van der Waals surface area contributed by atoms with Crippen LogP contribution in [0.15, 0.2) is 18.2 Å². The molecule has 0 bridgehead atoms. The molecule has 1 aliphatic rings. The lowest BCUT2D eigenvalue weighted by molar-refractivity contribution is 0.297. The Kier molecular flexibility index (Phi) is 4.72. The normalized spacial score (nSPS) is 14.4. The maximum absolute atomic E-state index is 5.68. The zero-order chi connectivity index (χ0) is 11.9. The van der Waals surface area contributed by atoms with Crippen molar-refractivity contribution in [1.29, 1.82) is 0 Å². The summed E-state index contributed by atoms with van der Waals surface area (Å²) in [5.74, 6) is 1.81. The highest BCUT2D eigenvalue weighted by atomic mass is 16.5. The van der Waals surface area contributed by atoms with E-state index in [9.17, 15) is 0 Å². The molecule has 2 nitrogen and oxygen atoms in total. The Balaban J connectivity index is 1.93. The third-order valence-electron chi connectivity index (χ3n) is 3.03. The highest BCUT2D eigenvalue weighted by Crippen LogP contribution is 2.30. The lowest BCUT2D eigenvalue weighted by Crippen LogP contribution is -1.97. The van der Waals surface area contributed by atoms with Gasteiger partial charge in [-0.15, -0.1) is 0 Å². The number of hydrogen-bond acceptors (Lipinski definition) is 2. The van der Waals surface area contributed by atoms with E-state index in [1.807, 2.05) is 6.07 Å². The highest BCUT2D eigenvalue weighted by Gasteiger charge is 2.10. The fourth-order valence-electron chi connectivity index (χ4n) is 2.05. The number of rotatable bonds is 5. The minimum atomic E-state index is 0.760. The number of ether oxygens (including phenoxy) is 2. The summed E-state index contributed by atoms with van der Waals surface area (Å²) in [4.78, 5) is 0. The first-order chi connectivity index (χ1) is 8.40. The summed E-state index contributed by atoms with van der Waals surface area (Å²) >= 11 is 0. The third kappa shape index (κ3) is 3.65. The molecule has 0 aromatic heterocycles. The van der Waals surface area contributed by atoms with Gasteiger partial charge in [-0.05, 0) is 30.5 Å². The van der Waals surface area contributed by atoms with Crippen LogP contribution in [0.5, 0.6) is 11.5 Å². The average Bonchev–Trinajstić information content (AvgIpc) is 2.59. The van der Waals surface area contributed by atoms with E-state index in [0.717, 1.165) is 44.0 Å². The van der Waals surface area contributed by atoms with E-state index in [0.29, 0.717) is 0 Å². The van der Waals surface area contributed by atoms with Gasteiger partial charge in [0.1, 0.15) is 0 Å². The summed E-state index contributed by atoms with van der Waals surface area (Å²) in [5, 5.41) is 0. The van der Waals surface area contributed by atoms with Gasteiger partial charge in [-0.25, -0.2) is 0 Å². The van der Waals surface area contributed by atoms with Gasteiger partial charge < -0.3 is 9.47 Å². The lowest BCUT2D eigenvalue weighted by atomic mass is 10.1. The van der Waals surface area contributed by atoms with E-state index >= 15 is 0 Å². The molecule has 0 unspecified atom stereocenters. The van der Waals surface area contributed by atoms with Crippen LogP contribution in [0.25, 0.3) is 0 Å². The predicted molar refractivity (Wildman–Crippen MR) is 69.6 cm³/mol. The quantitative estimate of drug-likeness (QED) is 0.720. The van der Waals surface area contributed by atoms with Crippen LogP contribution in [0, 0.1) is 6.92 Å². The molecular formula is C15H21O2. The maximum Gasteiger partial charge on any atom is 0.161 e. The summed E-state index contributed by atoms with van der Waals surface area (Å²) in [5.41, 5.74) is 1.35. The van der Waals surface area contributed by atoms with Crippen molar-refractivity contribution in [2.45, 2.75) is 38.5 Å². The van der Waals surface area contributed by atoms with Gasteiger partial charge >= 0.3 is 0 Å². The monoisotopic (exact) mass is 233 g/mol. The van der Waals surface area contributed by atoms with E-state index in [1.165, 1.54) is 24.8 Å². The van der Waals surface area contributed by atoms with Crippen LogP contribution in [0.2, 0.25) is 0 Å². The van der Waals surface area contributed by atoms with Crippen molar-refractivity contribution in [2.75, 3.05) is 13.2 Å². The van der Waals surface area contributed by atoms with Crippen LogP contribution in [0.3, 0.4) is 0 Å². The molecule has 0 aliphatic carbocycles. The first kappa shape index (κ1) is 12.3. The summed E-state index contributed by atoms with van der Waals surface area (Å²) in [6, 6.07) is 6.32. The maximum atomic E-state index is 5.68. The average molecular weight is 233 g/mol. The van der Waals surface area contributed by atoms with Crippen molar-refractivity contribution in [1.82, 2.24) is 0 Å². The number of unbranched alkanes of at least 4 members (excludes halogenated alkanes) is 3. The van der Waals surface area contributed by atoms with Crippen LogP contribution >= 0.6 is 0 Å². The fraction of sp³-hybridized carbons (Fsp3) is 0.533. The van der Waals surface area contributed by atoms with Gasteiger partial charge in [0.15, 0.2) is 11.5 Å². The van der Waals surface area contributed by atoms with Crippen molar-refractivity contribution in [3.05, 3.63) is 30.7 Å². The molecule has 1 aliphatic heterocycles. The molecule has 0 atom stereocenters. The van der Waals surface area contributed by atoms with E-state index in [4.69, 9.17) is 9.47 Å². The topological polar surface area (TPSA) is 18.5 Å². The SMILES string of the molecule is [CH2]CCCCCc1ccc2c(c1)OCCCO2. The van der Waals surface area contributed by atoms with Gasteiger partial charge in [0.25, 0.3) is 0 Å². The molecule has 0 spiro atoms. The zero-order valence-electron chi connectivity index (χ0n) is 10.4. The van der Waals surface area contributed by atoms with Crippen molar-refractivity contribution >= 4 is 0 Å². The van der Waals surface area contributed by atoms with Crippen LogP contribution < -0.4 is 9.47 Å². The summed E-state index contributed by atoms with van der Waals surface area (Å²) in [7, 11) is 0. The number of hydrogen-bond donors (Lipinski definition) is 0. The van der Waals surface area contributed by atoms with Crippen LogP contribution in [0.1, 0.15) is 37.7 Å². The molecule has 1 aromatic carbocycles. The van der Waals surface area contributed by atoms with E-state index in [1.54, 1.807) is 0 Å². The molecule has 0 N–H and O–H groups in total. The smallest absolute Gasteiger partial charge is 0.161 e. The van der Waals surface area contributed by atoms with Crippen molar-refractivity contribution in [3.8, 4) is 11.5 Å². The first-order valence-corrected chi connectivity index (χ1v) is 6.58. The Morgan fingerprint density at radius 1 is 1.00 bits per heavy atom. The molecule has 0 saturated heterocycles. The lowest BCUT2D eigenvalue weighted by Gasteiger charge is -2.09. The molecule has 93 valence electrons. The molecule has 0 saturated carbocycles. The molecule has 1 radical (unpaired) electrons. The van der Waals surface area contributed by atoms with Crippen molar-refractivity contribution in [2.24, 2.45) is 0 Å². The molecular weight excluding hydrogens is 212 g/mol. The van der Waals surface area contributed by atoms with Gasteiger partial charge in [-0.2, -0.15) is 0 Å².